The minimum Gasteiger partial charge on any atom is -0.350 e. The van der Waals surface area contributed by atoms with E-state index in [0.717, 1.165) is 21.7 Å². The van der Waals surface area contributed by atoms with E-state index in [1.54, 1.807) is 23.2 Å². The van der Waals surface area contributed by atoms with Gasteiger partial charge in [0, 0.05) is 17.0 Å². The molecule has 1 aliphatic heterocycles. The number of hydrogen-bond acceptors (Lipinski definition) is 5. The van der Waals surface area contributed by atoms with E-state index < -0.39 is 12.1 Å². The van der Waals surface area contributed by atoms with Crippen LogP contribution in [0.15, 0.2) is 29.8 Å². The van der Waals surface area contributed by atoms with Crippen molar-refractivity contribution < 1.29 is 9.59 Å². The van der Waals surface area contributed by atoms with Crippen LogP contribution in [0.4, 0.5) is 0 Å². The highest BCUT2D eigenvalue weighted by Crippen LogP contribution is 2.27. The largest absolute Gasteiger partial charge is 0.350 e. The van der Waals surface area contributed by atoms with Gasteiger partial charge in [0.1, 0.15) is 6.04 Å². The van der Waals surface area contributed by atoms with Crippen LogP contribution in [-0.2, 0) is 16.1 Å². The number of nitrogens with zero attached hydrogens (tertiary/aromatic N) is 2. The zero-order chi connectivity index (χ0) is 19.6. The summed E-state index contributed by atoms with van der Waals surface area (Å²) >= 11 is 3.90. The second-order valence-corrected chi connectivity index (χ2v) is 9.43. The molecule has 1 aromatic heterocycles. The van der Waals surface area contributed by atoms with Crippen LogP contribution in [0.1, 0.15) is 24.6 Å². The highest BCUT2D eigenvalue weighted by Gasteiger charge is 2.39. The van der Waals surface area contributed by atoms with Crippen molar-refractivity contribution in [3.63, 3.8) is 0 Å². The number of carbonyl (C=O) groups excluding carboxylic acids is 2. The van der Waals surface area contributed by atoms with Gasteiger partial charge in [-0.1, -0.05) is 46.9 Å². The van der Waals surface area contributed by atoms with Gasteiger partial charge in [-0.2, -0.15) is 0 Å². The second-order valence-electron chi connectivity index (χ2n) is 6.81. The molecule has 3 N–H and O–H groups in total. The Kier molecular flexibility index (Phi) is 6.48. The monoisotopic (exact) mass is 498 g/mol. The topological polar surface area (TPSA) is 88.3 Å². The molecule has 8 heteroatoms. The highest BCUT2D eigenvalue weighted by molar-refractivity contribution is 14.1. The fourth-order valence-corrected chi connectivity index (χ4v) is 4.92. The molecule has 2 amide bonds. The molecule has 0 bridgehead atoms. The van der Waals surface area contributed by atoms with Crippen LogP contribution in [0, 0.1) is 6.92 Å². The van der Waals surface area contributed by atoms with Crippen molar-refractivity contribution >= 4 is 45.7 Å². The number of alkyl halides is 1. The van der Waals surface area contributed by atoms with Gasteiger partial charge in [0.15, 0.2) is 0 Å². The summed E-state index contributed by atoms with van der Waals surface area (Å²) in [6, 6.07) is 7.08. The molecule has 0 saturated carbocycles. The summed E-state index contributed by atoms with van der Waals surface area (Å²) in [6.45, 7) is 4.66. The number of benzene rings is 1. The lowest BCUT2D eigenvalue weighted by atomic mass is 10.1. The molecule has 6 nitrogen and oxygen atoms in total. The molecule has 0 unspecified atom stereocenters. The molecule has 1 aliphatic rings. The number of nitrogens with one attached hydrogen (secondary N) is 1. The smallest absolute Gasteiger partial charge is 0.243 e. The van der Waals surface area contributed by atoms with E-state index in [4.69, 9.17) is 5.73 Å². The normalized spacial score (nSPS) is 20.5. The van der Waals surface area contributed by atoms with Gasteiger partial charge in [0.25, 0.3) is 0 Å². The second kappa shape index (κ2) is 8.66. The molecule has 0 aliphatic carbocycles. The van der Waals surface area contributed by atoms with E-state index in [-0.39, 0.29) is 15.7 Å². The maximum atomic E-state index is 12.6. The molecule has 0 spiro atoms. The summed E-state index contributed by atoms with van der Waals surface area (Å²) in [5.41, 5.74) is 10.7. The number of likely N-dealkylation sites (tertiary alicyclic amines) is 1. The van der Waals surface area contributed by atoms with Gasteiger partial charge >= 0.3 is 0 Å². The van der Waals surface area contributed by atoms with Crippen molar-refractivity contribution in [2.45, 2.75) is 42.8 Å². The Morgan fingerprint density at radius 2 is 2.11 bits per heavy atom. The van der Waals surface area contributed by atoms with Crippen molar-refractivity contribution in [2.75, 3.05) is 6.54 Å². The Morgan fingerprint density at radius 1 is 1.41 bits per heavy atom. The number of aromatic nitrogens is 1. The first-order valence-corrected chi connectivity index (χ1v) is 11.0. The number of halogens is 1. The van der Waals surface area contributed by atoms with Gasteiger partial charge in [-0.25, -0.2) is 4.98 Å². The molecule has 3 atom stereocenters. The van der Waals surface area contributed by atoms with E-state index in [9.17, 15) is 9.59 Å². The van der Waals surface area contributed by atoms with Crippen LogP contribution in [0.5, 0.6) is 0 Å². The molecule has 27 heavy (non-hydrogen) atoms. The van der Waals surface area contributed by atoms with Crippen molar-refractivity contribution in [3.8, 4) is 10.4 Å². The molecule has 0 radical (unpaired) electrons. The summed E-state index contributed by atoms with van der Waals surface area (Å²) < 4.78 is 0.267. The molecular weight excluding hydrogens is 475 g/mol. The molecule has 1 aromatic carbocycles. The van der Waals surface area contributed by atoms with Crippen LogP contribution >= 0.6 is 33.9 Å². The van der Waals surface area contributed by atoms with Crippen molar-refractivity contribution in [1.29, 1.82) is 0 Å². The molecule has 1 saturated heterocycles. The standard InChI is InChI=1S/C19H23IN4O2S/c1-11(21)19(26)24-9-15(20)7-16(24)18(25)22-8-13-3-5-14(6-4-13)17-12(2)23-10-27-17/h3-6,10-11,15-16H,7-9,21H2,1-2H3,(H,22,25)/t11-,15+,16-/m0/s1. The van der Waals surface area contributed by atoms with Gasteiger partial charge < -0.3 is 16.0 Å². The predicted octanol–water partition coefficient (Wildman–Crippen LogP) is 2.49. The molecule has 2 heterocycles. The van der Waals surface area contributed by atoms with Gasteiger partial charge in [0.2, 0.25) is 11.8 Å². The number of aryl methyl sites for hydroxylation is 1. The highest BCUT2D eigenvalue weighted by atomic mass is 127. The summed E-state index contributed by atoms with van der Waals surface area (Å²) in [4.78, 5) is 32.0. The summed E-state index contributed by atoms with van der Waals surface area (Å²) in [6.07, 6.45) is 0.661. The number of carbonyl (C=O) groups is 2. The summed E-state index contributed by atoms with van der Waals surface area (Å²) in [5, 5.41) is 2.96. The Balaban J connectivity index is 1.61. The molecule has 144 valence electrons. The molecule has 1 fully saturated rings. The quantitative estimate of drug-likeness (QED) is 0.490. The third-order valence-electron chi connectivity index (χ3n) is 4.65. The van der Waals surface area contributed by atoms with Gasteiger partial charge in [-0.05, 0) is 31.4 Å². The Bertz CT molecular complexity index is 821. The Morgan fingerprint density at radius 3 is 2.70 bits per heavy atom. The Hall–Kier alpha value is -1.52. The maximum absolute atomic E-state index is 12.6. The average Bonchev–Trinajstić information content (AvgIpc) is 3.25. The van der Waals surface area contributed by atoms with Gasteiger partial charge in [0.05, 0.1) is 22.1 Å². The van der Waals surface area contributed by atoms with E-state index in [1.165, 1.54) is 0 Å². The maximum Gasteiger partial charge on any atom is 0.243 e. The van der Waals surface area contributed by atoms with Crippen LogP contribution in [0.3, 0.4) is 0 Å². The first-order valence-electron chi connectivity index (χ1n) is 8.84. The third kappa shape index (κ3) is 4.67. The lowest BCUT2D eigenvalue weighted by Crippen LogP contribution is -2.50. The minimum atomic E-state index is -0.593. The summed E-state index contributed by atoms with van der Waals surface area (Å²) in [5.74, 6) is -0.288. The van der Waals surface area contributed by atoms with E-state index in [1.807, 2.05) is 36.7 Å². The number of nitrogens with two attached hydrogens (primary N) is 1. The average molecular weight is 498 g/mol. The van der Waals surface area contributed by atoms with Crippen LogP contribution in [0.2, 0.25) is 0 Å². The van der Waals surface area contributed by atoms with Gasteiger partial charge in [-0.3, -0.25) is 9.59 Å². The van der Waals surface area contributed by atoms with E-state index in [0.29, 0.717) is 19.5 Å². The van der Waals surface area contributed by atoms with Crippen LogP contribution < -0.4 is 11.1 Å². The number of rotatable bonds is 5. The fraction of sp³-hybridized carbons (Fsp3) is 0.421. The Labute approximate surface area is 176 Å². The van der Waals surface area contributed by atoms with E-state index in [2.05, 4.69) is 32.9 Å². The zero-order valence-electron chi connectivity index (χ0n) is 15.3. The number of hydrogen-bond donors (Lipinski definition) is 2. The lowest BCUT2D eigenvalue weighted by molar-refractivity contribution is -0.139. The number of amides is 2. The van der Waals surface area contributed by atoms with Crippen molar-refractivity contribution in [1.82, 2.24) is 15.2 Å². The van der Waals surface area contributed by atoms with E-state index >= 15 is 0 Å². The predicted molar refractivity (Wildman–Crippen MR) is 116 cm³/mol. The van der Waals surface area contributed by atoms with Crippen molar-refractivity contribution in [2.24, 2.45) is 5.73 Å². The zero-order valence-corrected chi connectivity index (χ0v) is 18.3. The number of thiazole rings is 1. The first-order chi connectivity index (χ1) is 12.9. The lowest BCUT2D eigenvalue weighted by Gasteiger charge is -2.25. The van der Waals surface area contributed by atoms with Crippen LogP contribution in [-0.4, -0.2) is 44.3 Å². The SMILES string of the molecule is Cc1ncsc1-c1ccc(CNC(=O)[C@@H]2C[C@@H](I)CN2C(=O)[C@H](C)N)cc1. The van der Waals surface area contributed by atoms with Crippen LogP contribution in [0.25, 0.3) is 10.4 Å². The van der Waals surface area contributed by atoms with Gasteiger partial charge in [-0.15, -0.1) is 11.3 Å². The third-order valence-corrected chi connectivity index (χ3v) is 6.53. The minimum absolute atomic E-state index is 0.120. The molecular formula is C19H23IN4O2S. The first kappa shape index (κ1) is 20.2. The fourth-order valence-electron chi connectivity index (χ4n) is 3.20. The molecule has 2 aromatic rings. The summed E-state index contributed by atoms with van der Waals surface area (Å²) in [7, 11) is 0. The van der Waals surface area contributed by atoms with Crippen molar-refractivity contribution in [3.05, 3.63) is 41.0 Å². The molecule has 3 rings (SSSR count).